The maximum atomic E-state index is 4.39. The zero-order chi connectivity index (χ0) is 12.5. The van der Waals surface area contributed by atoms with Crippen LogP contribution in [-0.2, 0) is 6.54 Å². The summed E-state index contributed by atoms with van der Waals surface area (Å²) in [6.45, 7) is 2.75. The quantitative estimate of drug-likeness (QED) is 0.656. The summed E-state index contributed by atoms with van der Waals surface area (Å²) in [6, 6.07) is 8.19. The van der Waals surface area contributed by atoms with Crippen molar-refractivity contribution in [3.8, 4) is 11.3 Å². The fraction of sp³-hybridized carbons (Fsp3) is 0.231. The maximum absolute atomic E-state index is 4.39. The second-order valence-electron chi connectivity index (χ2n) is 4.36. The smallest absolute Gasteiger partial charge is 0.104 e. The number of benzene rings is 1. The number of imidazole rings is 1. The van der Waals surface area contributed by atoms with Crippen molar-refractivity contribution in [2.45, 2.75) is 13.5 Å². The number of aromatic amines is 2. The van der Waals surface area contributed by atoms with Crippen molar-refractivity contribution in [3.05, 3.63) is 35.8 Å². The molecule has 0 fully saturated rings. The molecule has 3 N–H and O–H groups in total. The highest BCUT2D eigenvalue weighted by Gasteiger charge is 2.06. The molecule has 0 radical (unpaired) electrons. The highest BCUT2D eigenvalue weighted by Crippen LogP contribution is 2.22. The summed E-state index contributed by atoms with van der Waals surface area (Å²) in [6.07, 6.45) is 0. The second-order valence-corrected chi connectivity index (χ2v) is 4.36. The first-order valence-electron chi connectivity index (χ1n) is 5.92. The van der Waals surface area contributed by atoms with E-state index in [1.54, 1.807) is 0 Å². The van der Waals surface area contributed by atoms with Crippen molar-refractivity contribution in [3.63, 3.8) is 0 Å². The minimum absolute atomic E-state index is 0.790. The van der Waals surface area contributed by atoms with Gasteiger partial charge in [0.25, 0.3) is 0 Å². The molecule has 2 heterocycles. The van der Waals surface area contributed by atoms with E-state index < -0.39 is 0 Å². The number of nitrogens with one attached hydrogen (secondary N) is 3. The Hall–Kier alpha value is -2.14. The van der Waals surface area contributed by atoms with Crippen molar-refractivity contribution in [1.29, 1.82) is 0 Å². The average Bonchev–Trinajstić information content (AvgIpc) is 2.93. The molecule has 2 aromatic heterocycles. The number of H-pyrrole nitrogens is 2. The zero-order valence-corrected chi connectivity index (χ0v) is 10.4. The second kappa shape index (κ2) is 4.27. The molecule has 0 aliphatic carbocycles. The normalized spacial score (nSPS) is 11.2. The summed E-state index contributed by atoms with van der Waals surface area (Å²) in [4.78, 5) is 7.63. The van der Waals surface area contributed by atoms with Crippen LogP contribution < -0.4 is 5.32 Å². The zero-order valence-electron chi connectivity index (χ0n) is 10.4. The molecule has 1 aromatic carbocycles. The minimum Gasteiger partial charge on any atom is -0.342 e. The number of nitrogens with zero attached hydrogens (tertiary/aromatic N) is 2. The Labute approximate surface area is 105 Å². The van der Waals surface area contributed by atoms with Crippen LogP contribution in [0, 0.1) is 6.92 Å². The van der Waals surface area contributed by atoms with Gasteiger partial charge in [-0.2, -0.15) is 5.10 Å². The Balaban J connectivity index is 2.01. The first-order valence-corrected chi connectivity index (χ1v) is 5.92. The van der Waals surface area contributed by atoms with Gasteiger partial charge in [0.05, 0.1) is 16.7 Å². The van der Waals surface area contributed by atoms with Crippen LogP contribution in [0.5, 0.6) is 0 Å². The van der Waals surface area contributed by atoms with Gasteiger partial charge in [0.15, 0.2) is 0 Å². The van der Waals surface area contributed by atoms with Gasteiger partial charge in [0.2, 0.25) is 0 Å². The maximum Gasteiger partial charge on any atom is 0.104 e. The highest BCUT2D eigenvalue weighted by atomic mass is 15.1. The van der Waals surface area contributed by atoms with Gasteiger partial charge >= 0.3 is 0 Å². The van der Waals surface area contributed by atoms with Crippen molar-refractivity contribution < 1.29 is 0 Å². The number of aromatic nitrogens is 4. The third-order valence-electron chi connectivity index (χ3n) is 2.89. The van der Waals surface area contributed by atoms with Crippen molar-refractivity contribution in [2.24, 2.45) is 0 Å². The Kier molecular flexibility index (Phi) is 2.60. The Morgan fingerprint density at radius 2 is 2.17 bits per heavy atom. The molecule has 0 bridgehead atoms. The SMILES string of the molecule is CNCc1cc(-c2ccc3nc(C)[nH]c3c2)n[nH]1. The third kappa shape index (κ3) is 1.89. The summed E-state index contributed by atoms with van der Waals surface area (Å²) in [5.74, 6) is 0.931. The number of fused-ring (bicyclic) bond motifs is 1. The molecule has 0 aliphatic rings. The minimum atomic E-state index is 0.790. The van der Waals surface area contributed by atoms with E-state index in [1.807, 2.05) is 26.1 Å². The first kappa shape index (κ1) is 11.0. The van der Waals surface area contributed by atoms with Crippen LogP contribution in [0.15, 0.2) is 24.3 Å². The summed E-state index contributed by atoms with van der Waals surface area (Å²) in [5, 5.41) is 10.4. The van der Waals surface area contributed by atoms with Crippen LogP contribution in [0.1, 0.15) is 11.5 Å². The molecule has 5 nitrogen and oxygen atoms in total. The number of hydrogen-bond donors (Lipinski definition) is 3. The third-order valence-corrected chi connectivity index (χ3v) is 2.89. The van der Waals surface area contributed by atoms with Crippen LogP contribution in [-0.4, -0.2) is 27.2 Å². The predicted octanol–water partition coefficient (Wildman–Crippen LogP) is 1.98. The van der Waals surface area contributed by atoms with Gasteiger partial charge in [-0.05, 0) is 32.2 Å². The number of rotatable bonds is 3. The molecule has 0 aliphatic heterocycles. The number of hydrogen-bond acceptors (Lipinski definition) is 3. The largest absolute Gasteiger partial charge is 0.342 e. The first-order chi connectivity index (χ1) is 8.76. The highest BCUT2D eigenvalue weighted by molar-refractivity contribution is 5.81. The molecule has 5 heteroatoms. The summed E-state index contributed by atoms with van der Waals surface area (Å²) < 4.78 is 0. The lowest BCUT2D eigenvalue weighted by atomic mass is 10.1. The molecule has 3 aromatic rings. The van der Waals surface area contributed by atoms with Crippen LogP contribution in [0.3, 0.4) is 0 Å². The van der Waals surface area contributed by atoms with Gasteiger partial charge in [0.1, 0.15) is 5.82 Å². The topological polar surface area (TPSA) is 69.4 Å². The molecule has 0 amide bonds. The molecule has 0 atom stereocenters. The van der Waals surface area contributed by atoms with Gasteiger partial charge in [0, 0.05) is 17.8 Å². The van der Waals surface area contributed by atoms with Gasteiger partial charge in [-0.25, -0.2) is 4.98 Å². The lowest BCUT2D eigenvalue weighted by molar-refractivity contribution is 0.784. The molecule has 3 rings (SSSR count). The monoisotopic (exact) mass is 241 g/mol. The molecule has 0 saturated heterocycles. The van der Waals surface area contributed by atoms with E-state index in [0.29, 0.717) is 0 Å². The van der Waals surface area contributed by atoms with Gasteiger partial charge in [-0.15, -0.1) is 0 Å². The van der Waals surface area contributed by atoms with Crippen LogP contribution in [0.4, 0.5) is 0 Å². The van der Waals surface area contributed by atoms with E-state index in [0.717, 1.165) is 40.4 Å². The lowest BCUT2D eigenvalue weighted by Crippen LogP contribution is -2.04. The van der Waals surface area contributed by atoms with E-state index in [2.05, 4.69) is 37.6 Å². The summed E-state index contributed by atoms with van der Waals surface area (Å²) in [7, 11) is 1.92. The molecule has 18 heavy (non-hydrogen) atoms. The van der Waals surface area contributed by atoms with E-state index in [4.69, 9.17) is 0 Å². The van der Waals surface area contributed by atoms with Crippen molar-refractivity contribution >= 4 is 11.0 Å². The fourth-order valence-electron chi connectivity index (χ4n) is 2.09. The lowest BCUT2D eigenvalue weighted by Gasteiger charge is -1.95. The average molecular weight is 241 g/mol. The van der Waals surface area contributed by atoms with Gasteiger partial charge < -0.3 is 10.3 Å². The van der Waals surface area contributed by atoms with Crippen molar-refractivity contribution in [1.82, 2.24) is 25.5 Å². The van der Waals surface area contributed by atoms with E-state index in [9.17, 15) is 0 Å². The summed E-state index contributed by atoms with van der Waals surface area (Å²) in [5.41, 5.74) is 5.15. The molecule has 92 valence electrons. The predicted molar refractivity (Wildman–Crippen MR) is 71.2 cm³/mol. The molecule has 0 saturated carbocycles. The number of aryl methyl sites for hydroxylation is 1. The molecular formula is C13H15N5. The molecular weight excluding hydrogens is 226 g/mol. The van der Waals surface area contributed by atoms with Crippen LogP contribution in [0.2, 0.25) is 0 Å². The molecule has 0 spiro atoms. The van der Waals surface area contributed by atoms with Crippen LogP contribution >= 0.6 is 0 Å². The van der Waals surface area contributed by atoms with E-state index in [1.165, 1.54) is 0 Å². The Morgan fingerprint density at radius 1 is 1.28 bits per heavy atom. The van der Waals surface area contributed by atoms with Crippen LogP contribution in [0.25, 0.3) is 22.3 Å². The summed E-state index contributed by atoms with van der Waals surface area (Å²) >= 11 is 0. The Morgan fingerprint density at radius 3 is 3.00 bits per heavy atom. The van der Waals surface area contributed by atoms with E-state index >= 15 is 0 Å². The van der Waals surface area contributed by atoms with E-state index in [-0.39, 0.29) is 0 Å². The van der Waals surface area contributed by atoms with Gasteiger partial charge in [-0.1, -0.05) is 6.07 Å². The Bertz CT molecular complexity index is 680. The van der Waals surface area contributed by atoms with Gasteiger partial charge in [-0.3, -0.25) is 5.10 Å². The standard InChI is InChI=1S/C13H15N5/c1-8-15-11-4-3-9(5-13(11)16-8)12-6-10(7-14-2)17-18-12/h3-6,14H,7H2,1-2H3,(H,15,16)(H,17,18). The molecule has 0 unspecified atom stereocenters. The van der Waals surface area contributed by atoms with Crippen molar-refractivity contribution in [2.75, 3.05) is 7.05 Å². The fourth-order valence-corrected chi connectivity index (χ4v) is 2.09.